The fraction of sp³-hybridized carbons (Fsp3) is 0.263. The van der Waals surface area contributed by atoms with Crippen molar-refractivity contribution in [3.8, 4) is 0 Å². The molecule has 0 radical (unpaired) electrons. The second-order valence-electron chi connectivity index (χ2n) is 5.74. The molecule has 1 aliphatic carbocycles. The molecule has 2 atom stereocenters. The molecule has 0 fully saturated rings. The predicted molar refractivity (Wildman–Crippen MR) is 86.3 cm³/mol. The monoisotopic (exact) mass is 263 g/mol. The van der Waals surface area contributed by atoms with E-state index in [1.165, 1.54) is 22.3 Å². The molecule has 2 unspecified atom stereocenters. The van der Waals surface area contributed by atoms with Crippen LogP contribution in [0.5, 0.6) is 0 Å². The second-order valence-corrected chi connectivity index (χ2v) is 5.74. The molecule has 0 saturated carbocycles. The van der Waals surface area contributed by atoms with Gasteiger partial charge in [-0.15, -0.1) is 0 Å². The number of nitrogens with one attached hydrogen (secondary N) is 1. The van der Waals surface area contributed by atoms with Crippen LogP contribution in [-0.4, -0.2) is 6.04 Å². The maximum Gasteiger partial charge on any atom is 0.0513 e. The largest absolute Gasteiger partial charge is 0.384 e. The zero-order chi connectivity index (χ0) is 13.9. The van der Waals surface area contributed by atoms with Crippen LogP contribution in [0.2, 0.25) is 0 Å². The first-order valence-electron chi connectivity index (χ1n) is 7.29. The molecule has 0 spiro atoms. The highest BCUT2D eigenvalue weighted by molar-refractivity contribution is 5.76. The summed E-state index contributed by atoms with van der Waals surface area (Å²) >= 11 is 0. The lowest BCUT2D eigenvalue weighted by Crippen LogP contribution is -2.32. The molecule has 2 aliphatic rings. The number of hydrogen-bond donors (Lipinski definition) is 1. The van der Waals surface area contributed by atoms with Crippen LogP contribution < -0.4 is 5.32 Å². The number of rotatable bonds is 2. The molecule has 0 aromatic heterocycles. The Morgan fingerprint density at radius 1 is 1.05 bits per heavy atom. The molecule has 1 heteroatoms. The minimum atomic E-state index is 0.386. The second kappa shape index (κ2) is 5.54. The lowest BCUT2D eigenvalue weighted by Gasteiger charge is -2.26. The standard InChI is InChI=1S/C19H21N/c1-14-10-15(2)12-18(11-14)17-8-9-20-19(13-17)16-6-4-3-5-7-16/h3-6,8-13,16,19-20H,7H2,1-2H3. The number of benzene rings is 1. The highest BCUT2D eigenvalue weighted by Gasteiger charge is 2.18. The Kier molecular flexibility index (Phi) is 3.60. The third-order valence-electron chi connectivity index (χ3n) is 3.94. The summed E-state index contributed by atoms with van der Waals surface area (Å²) < 4.78 is 0. The zero-order valence-electron chi connectivity index (χ0n) is 12.1. The lowest BCUT2D eigenvalue weighted by molar-refractivity contribution is 0.522. The first-order chi connectivity index (χ1) is 9.72. The van der Waals surface area contributed by atoms with Crippen molar-refractivity contribution in [3.63, 3.8) is 0 Å². The lowest BCUT2D eigenvalue weighted by atomic mass is 9.88. The Morgan fingerprint density at radius 3 is 2.55 bits per heavy atom. The molecular formula is C19H21N. The van der Waals surface area contributed by atoms with Crippen LogP contribution in [-0.2, 0) is 0 Å². The van der Waals surface area contributed by atoms with Gasteiger partial charge in [-0.2, -0.15) is 0 Å². The predicted octanol–water partition coefficient (Wildman–Crippen LogP) is 4.30. The van der Waals surface area contributed by atoms with Gasteiger partial charge in [0.1, 0.15) is 0 Å². The van der Waals surface area contributed by atoms with E-state index in [4.69, 9.17) is 0 Å². The molecule has 0 bridgehead atoms. The van der Waals surface area contributed by atoms with E-state index in [-0.39, 0.29) is 0 Å². The van der Waals surface area contributed by atoms with Crippen LogP contribution in [0.25, 0.3) is 5.57 Å². The maximum atomic E-state index is 3.48. The SMILES string of the molecule is Cc1cc(C)cc(C2=CC(C3C=CC=CC3)NC=C2)c1. The van der Waals surface area contributed by atoms with Gasteiger partial charge in [0.25, 0.3) is 0 Å². The summed E-state index contributed by atoms with van der Waals surface area (Å²) in [4.78, 5) is 0. The van der Waals surface area contributed by atoms with E-state index in [0.717, 1.165) is 6.42 Å². The highest BCUT2D eigenvalue weighted by Crippen LogP contribution is 2.26. The Labute approximate surface area is 121 Å². The van der Waals surface area contributed by atoms with E-state index in [1.807, 2.05) is 0 Å². The Hall–Kier alpha value is -2.02. The molecule has 1 aromatic carbocycles. The number of dihydropyridines is 1. The van der Waals surface area contributed by atoms with E-state index < -0.39 is 0 Å². The molecule has 0 saturated heterocycles. The van der Waals surface area contributed by atoms with Crippen molar-refractivity contribution in [1.29, 1.82) is 0 Å². The Bertz CT molecular complexity index is 596. The normalized spacial score (nSPS) is 24.4. The van der Waals surface area contributed by atoms with Gasteiger partial charge in [-0.05, 0) is 43.7 Å². The highest BCUT2D eigenvalue weighted by atomic mass is 14.9. The van der Waals surface area contributed by atoms with Gasteiger partial charge >= 0.3 is 0 Å². The molecule has 1 aliphatic heterocycles. The van der Waals surface area contributed by atoms with Crippen molar-refractivity contribution in [2.75, 3.05) is 0 Å². The van der Waals surface area contributed by atoms with Crippen LogP contribution in [0.4, 0.5) is 0 Å². The average Bonchev–Trinajstić information content (AvgIpc) is 2.47. The van der Waals surface area contributed by atoms with E-state index in [2.05, 4.69) is 80.0 Å². The zero-order valence-corrected chi connectivity index (χ0v) is 12.1. The summed E-state index contributed by atoms with van der Waals surface area (Å²) in [7, 11) is 0. The topological polar surface area (TPSA) is 12.0 Å². The number of aryl methyl sites for hydroxylation is 2. The number of allylic oxidation sites excluding steroid dienone is 5. The van der Waals surface area contributed by atoms with Crippen molar-refractivity contribution in [2.24, 2.45) is 5.92 Å². The van der Waals surface area contributed by atoms with Gasteiger partial charge in [-0.1, -0.05) is 59.7 Å². The summed E-state index contributed by atoms with van der Waals surface area (Å²) in [5.41, 5.74) is 5.29. The summed E-state index contributed by atoms with van der Waals surface area (Å²) in [6.45, 7) is 4.32. The smallest absolute Gasteiger partial charge is 0.0513 e. The minimum absolute atomic E-state index is 0.386. The third-order valence-corrected chi connectivity index (χ3v) is 3.94. The van der Waals surface area contributed by atoms with Gasteiger partial charge in [0.2, 0.25) is 0 Å². The van der Waals surface area contributed by atoms with Gasteiger partial charge in [-0.3, -0.25) is 0 Å². The fourth-order valence-electron chi connectivity index (χ4n) is 2.99. The van der Waals surface area contributed by atoms with E-state index in [9.17, 15) is 0 Å². The Balaban J connectivity index is 1.88. The molecule has 1 heterocycles. The van der Waals surface area contributed by atoms with Crippen molar-refractivity contribution in [3.05, 3.63) is 77.5 Å². The summed E-state index contributed by atoms with van der Waals surface area (Å²) in [5.74, 6) is 0.547. The van der Waals surface area contributed by atoms with Crippen LogP contribution in [0.3, 0.4) is 0 Å². The molecule has 1 aromatic rings. The molecule has 1 N–H and O–H groups in total. The van der Waals surface area contributed by atoms with E-state index in [1.54, 1.807) is 0 Å². The van der Waals surface area contributed by atoms with Gasteiger partial charge in [-0.25, -0.2) is 0 Å². The third kappa shape index (κ3) is 2.77. The number of hydrogen-bond acceptors (Lipinski definition) is 1. The van der Waals surface area contributed by atoms with Crippen molar-refractivity contribution < 1.29 is 0 Å². The minimum Gasteiger partial charge on any atom is -0.384 e. The van der Waals surface area contributed by atoms with Gasteiger partial charge in [0.15, 0.2) is 0 Å². The van der Waals surface area contributed by atoms with Crippen LogP contribution in [0.1, 0.15) is 23.1 Å². The molecule has 1 nitrogen and oxygen atoms in total. The van der Waals surface area contributed by atoms with E-state index in [0.29, 0.717) is 12.0 Å². The van der Waals surface area contributed by atoms with Crippen LogP contribution in [0, 0.1) is 19.8 Å². The summed E-state index contributed by atoms with van der Waals surface area (Å²) in [5, 5.41) is 3.48. The summed E-state index contributed by atoms with van der Waals surface area (Å²) in [6, 6.07) is 7.14. The summed E-state index contributed by atoms with van der Waals surface area (Å²) in [6.07, 6.45) is 16.6. The van der Waals surface area contributed by atoms with Gasteiger partial charge < -0.3 is 5.32 Å². The van der Waals surface area contributed by atoms with Gasteiger partial charge in [0.05, 0.1) is 6.04 Å². The fourth-order valence-corrected chi connectivity index (χ4v) is 2.99. The maximum absolute atomic E-state index is 3.48. The van der Waals surface area contributed by atoms with Crippen molar-refractivity contribution in [2.45, 2.75) is 26.3 Å². The van der Waals surface area contributed by atoms with Crippen molar-refractivity contribution >= 4 is 5.57 Å². The first kappa shape index (κ1) is 13.0. The van der Waals surface area contributed by atoms with Crippen LogP contribution in [0.15, 0.2) is 60.9 Å². The first-order valence-corrected chi connectivity index (χ1v) is 7.29. The Morgan fingerprint density at radius 2 is 1.85 bits per heavy atom. The molecule has 20 heavy (non-hydrogen) atoms. The van der Waals surface area contributed by atoms with Crippen LogP contribution >= 0.6 is 0 Å². The van der Waals surface area contributed by atoms with E-state index >= 15 is 0 Å². The quantitative estimate of drug-likeness (QED) is 0.838. The van der Waals surface area contributed by atoms with Gasteiger partial charge in [0, 0.05) is 5.92 Å². The molecule has 102 valence electrons. The average molecular weight is 263 g/mol. The molecular weight excluding hydrogens is 242 g/mol. The molecule has 0 amide bonds. The van der Waals surface area contributed by atoms with Crippen molar-refractivity contribution in [1.82, 2.24) is 5.32 Å². The molecule has 3 rings (SSSR count).